The molecule has 0 bridgehead atoms. The van der Waals surface area contributed by atoms with Gasteiger partial charge in [-0.05, 0) is 29.8 Å². The maximum atomic E-state index is 9.30. The summed E-state index contributed by atoms with van der Waals surface area (Å²) in [5, 5.41) is 21.2. The van der Waals surface area contributed by atoms with Crippen molar-refractivity contribution in [3.63, 3.8) is 0 Å². The van der Waals surface area contributed by atoms with Crippen LogP contribution in [0.25, 0.3) is 0 Å². The third kappa shape index (κ3) is 2.99. The Morgan fingerprint density at radius 2 is 1.88 bits per heavy atom. The van der Waals surface area contributed by atoms with Crippen molar-refractivity contribution in [1.29, 1.82) is 5.26 Å². The maximum absolute atomic E-state index is 9.30. The standard InChI is InChI=1S/C14H12N2O/c15-9-11-4-6-12(7-5-11)10-16-13-2-1-3-14(17)8-13/h1-8,16-17H,10H2. The highest BCUT2D eigenvalue weighted by Gasteiger charge is 1.96. The quantitative estimate of drug-likeness (QED) is 0.842. The van der Waals surface area contributed by atoms with E-state index in [0.717, 1.165) is 11.3 Å². The largest absolute Gasteiger partial charge is 0.508 e. The number of hydrogen-bond acceptors (Lipinski definition) is 3. The zero-order chi connectivity index (χ0) is 12.1. The first kappa shape index (κ1) is 11.0. The highest BCUT2D eigenvalue weighted by molar-refractivity contribution is 5.48. The van der Waals surface area contributed by atoms with Crippen molar-refractivity contribution >= 4 is 5.69 Å². The summed E-state index contributed by atoms with van der Waals surface area (Å²) >= 11 is 0. The molecule has 0 saturated carbocycles. The Hall–Kier alpha value is -2.47. The van der Waals surface area contributed by atoms with Crippen LogP contribution in [0.15, 0.2) is 48.5 Å². The third-order valence-corrected chi connectivity index (χ3v) is 2.43. The molecule has 2 N–H and O–H groups in total. The second kappa shape index (κ2) is 5.04. The van der Waals surface area contributed by atoms with Gasteiger partial charge >= 0.3 is 0 Å². The van der Waals surface area contributed by atoms with E-state index in [4.69, 9.17) is 5.26 Å². The Labute approximate surface area is 100.0 Å². The molecule has 2 aromatic rings. The Morgan fingerprint density at radius 3 is 2.53 bits per heavy atom. The Bertz CT molecular complexity index is 541. The van der Waals surface area contributed by atoms with E-state index in [2.05, 4.69) is 11.4 Å². The topological polar surface area (TPSA) is 56.0 Å². The van der Waals surface area contributed by atoms with Gasteiger partial charge < -0.3 is 10.4 Å². The number of anilines is 1. The maximum Gasteiger partial charge on any atom is 0.117 e. The van der Waals surface area contributed by atoms with E-state index in [-0.39, 0.29) is 5.75 Å². The van der Waals surface area contributed by atoms with Gasteiger partial charge in [-0.1, -0.05) is 18.2 Å². The highest BCUT2D eigenvalue weighted by atomic mass is 16.3. The van der Waals surface area contributed by atoms with E-state index in [0.29, 0.717) is 12.1 Å². The molecule has 2 rings (SSSR count). The fraction of sp³-hybridized carbons (Fsp3) is 0.0714. The van der Waals surface area contributed by atoms with Gasteiger partial charge in [0, 0.05) is 18.3 Å². The Morgan fingerprint density at radius 1 is 1.12 bits per heavy atom. The van der Waals surface area contributed by atoms with E-state index in [1.807, 2.05) is 18.2 Å². The van der Waals surface area contributed by atoms with Crippen molar-refractivity contribution in [3.8, 4) is 11.8 Å². The first-order valence-electron chi connectivity index (χ1n) is 5.30. The summed E-state index contributed by atoms with van der Waals surface area (Å²) in [5.74, 6) is 0.245. The van der Waals surface area contributed by atoms with Crippen molar-refractivity contribution in [2.75, 3.05) is 5.32 Å². The van der Waals surface area contributed by atoms with Gasteiger partial charge in [-0.2, -0.15) is 5.26 Å². The lowest BCUT2D eigenvalue weighted by molar-refractivity contribution is 0.475. The summed E-state index contributed by atoms with van der Waals surface area (Å²) < 4.78 is 0. The van der Waals surface area contributed by atoms with Crippen molar-refractivity contribution in [2.45, 2.75) is 6.54 Å². The second-order valence-corrected chi connectivity index (χ2v) is 3.71. The summed E-state index contributed by atoms with van der Waals surface area (Å²) in [6, 6.07) is 16.5. The predicted octanol–water partition coefficient (Wildman–Crippen LogP) is 2.88. The smallest absolute Gasteiger partial charge is 0.117 e. The first-order chi connectivity index (χ1) is 8.28. The molecule has 0 heterocycles. The number of rotatable bonds is 3. The molecule has 0 aliphatic rings. The van der Waals surface area contributed by atoms with Gasteiger partial charge in [0.2, 0.25) is 0 Å². The average Bonchev–Trinajstić information content (AvgIpc) is 2.37. The molecule has 0 fully saturated rings. The zero-order valence-electron chi connectivity index (χ0n) is 9.22. The van der Waals surface area contributed by atoms with E-state index >= 15 is 0 Å². The van der Waals surface area contributed by atoms with Crippen LogP contribution in [-0.2, 0) is 6.54 Å². The molecule has 0 atom stereocenters. The van der Waals surface area contributed by atoms with Crippen LogP contribution in [0.2, 0.25) is 0 Å². The molecule has 3 heteroatoms. The minimum Gasteiger partial charge on any atom is -0.508 e. The number of aromatic hydroxyl groups is 1. The van der Waals surface area contributed by atoms with E-state index in [1.165, 1.54) is 0 Å². The number of phenolic OH excluding ortho intramolecular Hbond substituents is 1. The number of phenols is 1. The Kier molecular flexibility index (Phi) is 3.27. The van der Waals surface area contributed by atoms with Crippen LogP contribution in [-0.4, -0.2) is 5.11 Å². The summed E-state index contributed by atoms with van der Waals surface area (Å²) in [6.45, 7) is 0.662. The molecule has 2 aromatic carbocycles. The lowest BCUT2D eigenvalue weighted by atomic mass is 10.1. The summed E-state index contributed by atoms with van der Waals surface area (Å²) in [5.41, 5.74) is 2.62. The van der Waals surface area contributed by atoms with Gasteiger partial charge in [-0.15, -0.1) is 0 Å². The normalized spacial score (nSPS) is 9.59. The van der Waals surface area contributed by atoms with Gasteiger partial charge in [-0.3, -0.25) is 0 Å². The van der Waals surface area contributed by atoms with Crippen LogP contribution < -0.4 is 5.32 Å². The van der Waals surface area contributed by atoms with E-state index < -0.39 is 0 Å². The molecule has 0 aliphatic carbocycles. The lowest BCUT2D eigenvalue weighted by Gasteiger charge is -2.06. The summed E-state index contributed by atoms with van der Waals surface area (Å²) in [7, 11) is 0. The molecule has 0 aromatic heterocycles. The van der Waals surface area contributed by atoms with Crippen LogP contribution in [0.3, 0.4) is 0 Å². The fourth-order valence-corrected chi connectivity index (χ4v) is 1.52. The summed E-state index contributed by atoms with van der Waals surface area (Å²) in [4.78, 5) is 0. The molecule has 0 unspecified atom stereocenters. The number of hydrogen-bond donors (Lipinski definition) is 2. The molecule has 84 valence electrons. The van der Waals surface area contributed by atoms with E-state index in [1.54, 1.807) is 30.3 Å². The van der Waals surface area contributed by atoms with Crippen LogP contribution in [0.1, 0.15) is 11.1 Å². The molecule has 0 saturated heterocycles. The molecule has 0 spiro atoms. The van der Waals surface area contributed by atoms with Crippen LogP contribution in [0.5, 0.6) is 5.75 Å². The monoisotopic (exact) mass is 224 g/mol. The van der Waals surface area contributed by atoms with Crippen LogP contribution in [0.4, 0.5) is 5.69 Å². The molecule has 3 nitrogen and oxygen atoms in total. The van der Waals surface area contributed by atoms with Crippen molar-refractivity contribution in [1.82, 2.24) is 0 Å². The minimum atomic E-state index is 0.245. The number of nitrogens with zero attached hydrogens (tertiary/aromatic N) is 1. The predicted molar refractivity (Wildman–Crippen MR) is 66.6 cm³/mol. The first-order valence-corrected chi connectivity index (χ1v) is 5.30. The van der Waals surface area contributed by atoms with Gasteiger partial charge in [0.25, 0.3) is 0 Å². The van der Waals surface area contributed by atoms with Crippen molar-refractivity contribution in [3.05, 3.63) is 59.7 Å². The van der Waals surface area contributed by atoms with Crippen LogP contribution >= 0.6 is 0 Å². The second-order valence-electron chi connectivity index (χ2n) is 3.71. The van der Waals surface area contributed by atoms with E-state index in [9.17, 15) is 5.11 Å². The van der Waals surface area contributed by atoms with Crippen molar-refractivity contribution < 1.29 is 5.11 Å². The number of benzene rings is 2. The molecule has 0 radical (unpaired) electrons. The number of nitriles is 1. The highest BCUT2D eigenvalue weighted by Crippen LogP contribution is 2.16. The van der Waals surface area contributed by atoms with Gasteiger partial charge in [0.15, 0.2) is 0 Å². The fourth-order valence-electron chi connectivity index (χ4n) is 1.52. The van der Waals surface area contributed by atoms with Crippen molar-refractivity contribution in [2.24, 2.45) is 0 Å². The Balaban J connectivity index is 2.00. The third-order valence-electron chi connectivity index (χ3n) is 2.43. The number of nitrogens with one attached hydrogen (secondary N) is 1. The molecular formula is C14H12N2O. The average molecular weight is 224 g/mol. The van der Waals surface area contributed by atoms with Gasteiger partial charge in [0.05, 0.1) is 11.6 Å². The minimum absolute atomic E-state index is 0.245. The molecule has 17 heavy (non-hydrogen) atoms. The zero-order valence-corrected chi connectivity index (χ0v) is 9.22. The molecular weight excluding hydrogens is 212 g/mol. The SMILES string of the molecule is N#Cc1ccc(CNc2cccc(O)c2)cc1. The molecule has 0 amide bonds. The summed E-state index contributed by atoms with van der Waals surface area (Å²) in [6.07, 6.45) is 0. The lowest BCUT2D eigenvalue weighted by Crippen LogP contribution is -1.98. The van der Waals surface area contributed by atoms with Gasteiger partial charge in [0.1, 0.15) is 5.75 Å². The van der Waals surface area contributed by atoms with Gasteiger partial charge in [-0.25, -0.2) is 0 Å². The molecule has 0 aliphatic heterocycles. The van der Waals surface area contributed by atoms with Crippen LogP contribution in [0, 0.1) is 11.3 Å².